The topological polar surface area (TPSA) is 81.8 Å². The zero-order chi connectivity index (χ0) is 19.2. The fraction of sp³-hybridized carbons (Fsp3) is 0.550. The Morgan fingerprint density at radius 1 is 1.00 bits per heavy atom. The van der Waals surface area contributed by atoms with Crippen molar-refractivity contribution >= 4 is 23.4 Å². The molecular weight excluding hydrogens is 344 g/mol. The Labute approximate surface area is 160 Å². The van der Waals surface area contributed by atoms with Gasteiger partial charge in [-0.15, -0.1) is 0 Å². The fourth-order valence-electron chi connectivity index (χ4n) is 3.79. The smallest absolute Gasteiger partial charge is 0.251 e. The standard InChI is InChI=1S/C20H28N4O3/c1-21-19(26)15-4-6-17(7-5-15)22-18(25)14-23-12-8-16(9-13-23)20(27)24-10-2-3-11-24/h4-7,16H,2-3,8-14H2,1H3,(H,21,26)(H,22,25). The van der Waals surface area contributed by atoms with Gasteiger partial charge in [0.2, 0.25) is 11.8 Å². The molecule has 2 N–H and O–H groups in total. The summed E-state index contributed by atoms with van der Waals surface area (Å²) in [6, 6.07) is 6.82. The molecule has 7 heteroatoms. The first-order valence-corrected chi connectivity index (χ1v) is 9.70. The SMILES string of the molecule is CNC(=O)c1ccc(NC(=O)CN2CCC(C(=O)N3CCCC3)CC2)cc1. The number of carbonyl (C=O) groups is 3. The van der Waals surface area contributed by atoms with Gasteiger partial charge in [-0.2, -0.15) is 0 Å². The van der Waals surface area contributed by atoms with E-state index >= 15 is 0 Å². The van der Waals surface area contributed by atoms with Crippen LogP contribution in [-0.4, -0.2) is 67.3 Å². The normalized spacial score (nSPS) is 18.3. The molecule has 2 saturated heterocycles. The molecular formula is C20H28N4O3. The molecule has 0 aliphatic carbocycles. The number of rotatable bonds is 5. The number of nitrogens with one attached hydrogen (secondary N) is 2. The summed E-state index contributed by atoms with van der Waals surface area (Å²) in [5.41, 5.74) is 1.23. The molecule has 7 nitrogen and oxygen atoms in total. The number of benzene rings is 1. The van der Waals surface area contributed by atoms with Gasteiger partial charge in [-0.25, -0.2) is 0 Å². The molecule has 0 spiro atoms. The van der Waals surface area contributed by atoms with Crippen molar-refractivity contribution in [1.29, 1.82) is 0 Å². The number of nitrogens with zero attached hydrogens (tertiary/aromatic N) is 2. The lowest BCUT2D eigenvalue weighted by molar-refractivity contribution is -0.136. The van der Waals surface area contributed by atoms with E-state index in [0.29, 0.717) is 23.7 Å². The van der Waals surface area contributed by atoms with Crippen LogP contribution < -0.4 is 10.6 Å². The van der Waals surface area contributed by atoms with Gasteiger partial charge < -0.3 is 15.5 Å². The molecule has 0 atom stereocenters. The summed E-state index contributed by atoms with van der Waals surface area (Å²) in [6.45, 7) is 3.67. The second kappa shape index (κ2) is 8.99. The van der Waals surface area contributed by atoms with Crippen molar-refractivity contribution in [3.05, 3.63) is 29.8 Å². The number of anilines is 1. The molecule has 0 bridgehead atoms. The Hall–Kier alpha value is -2.41. The molecule has 0 aromatic heterocycles. The summed E-state index contributed by atoms with van der Waals surface area (Å²) in [6.07, 6.45) is 3.89. The van der Waals surface area contributed by atoms with Crippen LogP contribution in [0.5, 0.6) is 0 Å². The Morgan fingerprint density at radius 2 is 1.63 bits per heavy atom. The van der Waals surface area contributed by atoms with Crippen molar-refractivity contribution in [3.63, 3.8) is 0 Å². The van der Waals surface area contributed by atoms with Crippen LogP contribution in [0.25, 0.3) is 0 Å². The summed E-state index contributed by atoms with van der Waals surface area (Å²) in [7, 11) is 1.58. The van der Waals surface area contributed by atoms with Gasteiger partial charge >= 0.3 is 0 Å². The monoisotopic (exact) mass is 372 g/mol. The second-order valence-corrected chi connectivity index (χ2v) is 7.29. The van der Waals surface area contributed by atoms with Gasteiger partial charge in [0.05, 0.1) is 6.54 Å². The third-order valence-corrected chi connectivity index (χ3v) is 5.38. The molecule has 2 fully saturated rings. The largest absolute Gasteiger partial charge is 0.355 e. The first kappa shape index (κ1) is 19.4. The predicted molar refractivity (Wildman–Crippen MR) is 103 cm³/mol. The molecule has 0 radical (unpaired) electrons. The molecule has 0 saturated carbocycles. The quantitative estimate of drug-likeness (QED) is 0.817. The number of hydrogen-bond donors (Lipinski definition) is 2. The average Bonchev–Trinajstić information content (AvgIpc) is 3.23. The molecule has 3 amide bonds. The highest BCUT2D eigenvalue weighted by Crippen LogP contribution is 2.22. The van der Waals surface area contributed by atoms with E-state index in [9.17, 15) is 14.4 Å². The van der Waals surface area contributed by atoms with Crippen LogP contribution in [0.15, 0.2) is 24.3 Å². The van der Waals surface area contributed by atoms with Crippen molar-refractivity contribution < 1.29 is 14.4 Å². The summed E-state index contributed by atoms with van der Waals surface area (Å²) in [4.78, 5) is 40.4. The van der Waals surface area contributed by atoms with Crippen molar-refractivity contribution in [2.24, 2.45) is 5.92 Å². The van der Waals surface area contributed by atoms with E-state index in [4.69, 9.17) is 0 Å². The molecule has 0 unspecified atom stereocenters. The van der Waals surface area contributed by atoms with Crippen LogP contribution in [0.2, 0.25) is 0 Å². The first-order chi connectivity index (χ1) is 13.1. The van der Waals surface area contributed by atoms with Crippen molar-refractivity contribution in [1.82, 2.24) is 15.1 Å². The Bertz CT molecular complexity index is 675. The van der Waals surface area contributed by atoms with Gasteiger partial charge in [-0.05, 0) is 63.0 Å². The van der Waals surface area contributed by atoms with Gasteiger partial charge in [0, 0.05) is 37.3 Å². The number of hydrogen-bond acceptors (Lipinski definition) is 4. The van der Waals surface area contributed by atoms with E-state index in [-0.39, 0.29) is 17.7 Å². The first-order valence-electron chi connectivity index (χ1n) is 9.70. The number of carbonyl (C=O) groups excluding carboxylic acids is 3. The molecule has 2 heterocycles. The van der Waals surface area contributed by atoms with Gasteiger partial charge in [-0.3, -0.25) is 19.3 Å². The Balaban J connectivity index is 1.42. The maximum Gasteiger partial charge on any atom is 0.251 e. The van der Waals surface area contributed by atoms with Gasteiger partial charge in [-0.1, -0.05) is 0 Å². The predicted octanol–water partition coefficient (Wildman–Crippen LogP) is 1.32. The van der Waals surface area contributed by atoms with E-state index in [1.54, 1.807) is 31.3 Å². The zero-order valence-corrected chi connectivity index (χ0v) is 15.9. The lowest BCUT2D eigenvalue weighted by atomic mass is 9.95. The molecule has 2 aliphatic rings. The highest BCUT2D eigenvalue weighted by Gasteiger charge is 2.30. The fourth-order valence-corrected chi connectivity index (χ4v) is 3.79. The van der Waals surface area contributed by atoms with E-state index < -0.39 is 0 Å². The Kier molecular flexibility index (Phi) is 6.45. The van der Waals surface area contributed by atoms with Crippen LogP contribution in [0.4, 0.5) is 5.69 Å². The minimum atomic E-state index is -0.153. The minimum Gasteiger partial charge on any atom is -0.355 e. The molecule has 1 aromatic carbocycles. The zero-order valence-electron chi connectivity index (χ0n) is 15.9. The Morgan fingerprint density at radius 3 is 2.22 bits per heavy atom. The van der Waals surface area contributed by atoms with E-state index in [0.717, 1.165) is 51.9 Å². The minimum absolute atomic E-state index is 0.0768. The van der Waals surface area contributed by atoms with Crippen LogP contribution in [-0.2, 0) is 9.59 Å². The number of likely N-dealkylation sites (tertiary alicyclic amines) is 2. The average molecular weight is 372 g/mol. The molecule has 2 aliphatic heterocycles. The lowest BCUT2D eigenvalue weighted by Crippen LogP contribution is -2.43. The summed E-state index contributed by atoms with van der Waals surface area (Å²) < 4.78 is 0. The van der Waals surface area contributed by atoms with Crippen molar-refractivity contribution in [2.75, 3.05) is 45.1 Å². The molecule has 146 valence electrons. The van der Waals surface area contributed by atoms with Gasteiger partial charge in [0.15, 0.2) is 0 Å². The van der Waals surface area contributed by atoms with Crippen LogP contribution >= 0.6 is 0 Å². The van der Waals surface area contributed by atoms with Crippen LogP contribution in [0.3, 0.4) is 0 Å². The number of piperidine rings is 1. The molecule has 3 rings (SSSR count). The highest BCUT2D eigenvalue weighted by molar-refractivity contribution is 5.96. The second-order valence-electron chi connectivity index (χ2n) is 7.29. The maximum absolute atomic E-state index is 12.5. The van der Waals surface area contributed by atoms with Crippen LogP contribution in [0.1, 0.15) is 36.0 Å². The van der Waals surface area contributed by atoms with Crippen molar-refractivity contribution in [2.45, 2.75) is 25.7 Å². The highest BCUT2D eigenvalue weighted by atomic mass is 16.2. The third-order valence-electron chi connectivity index (χ3n) is 5.38. The molecule has 1 aromatic rings. The molecule has 27 heavy (non-hydrogen) atoms. The summed E-state index contributed by atoms with van der Waals surface area (Å²) in [5, 5.41) is 5.43. The van der Waals surface area contributed by atoms with Crippen LogP contribution in [0, 0.1) is 5.92 Å². The summed E-state index contributed by atoms with van der Waals surface area (Å²) >= 11 is 0. The number of amides is 3. The van der Waals surface area contributed by atoms with Crippen molar-refractivity contribution in [3.8, 4) is 0 Å². The maximum atomic E-state index is 12.5. The lowest BCUT2D eigenvalue weighted by Gasteiger charge is -2.32. The van der Waals surface area contributed by atoms with E-state index in [2.05, 4.69) is 15.5 Å². The summed E-state index contributed by atoms with van der Waals surface area (Å²) in [5.74, 6) is 0.179. The van der Waals surface area contributed by atoms with Gasteiger partial charge in [0.1, 0.15) is 0 Å². The van der Waals surface area contributed by atoms with Gasteiger partial charge in [0.25, 0.3) is 5.91 Å². The van der Waals surface area contributed by atoms with E-state index in [1.807, 2.05) is 4.90 Å². The third kappa shape index (κ3) is 5.07. The van der Waals surface area contributed by atoms with E-state index in [1.165, 1.54) is 0 Å².